The van der Waals surface area contributed by atoms with E-state index < -0.39 is 12.0 Å². The molecule has 0 aliphatic rings. The molecule has 24 heavy (non-hydrogen) atoms. The molecule has 1 amide bonds. The lowest BCUT2D eigenvalue weighted by atomic mass is 10.0. The van der Waals surface area contributed by atoms with Crippen LogP contribution in [0.3, 0.4) is 0 Å². The van der Waals surface area contributed by atoms with E-state index in [0.29, 0.717) is 16.9 Å². The number of hydrogen-bond donors (Lipinski definition) is 2. The number of methoxy groups -OCH3 is 1. The molecule has 1 unspecified atom stereocenters. The zero-order valence-corrected chi connectivity index (χ0v) is 14.0. The van der Waals surface area contributed by atoms with Crippen molar-refractivity contribution in [1.82, 2.24) is 5.32 Å². The van der Waals surface area contributed by atoms with E-state index >= 15 is 0 Å². The minimum Gasteiger partial charge on any atom is -0.497 e. The number of aryl methyl sites for hydroxylation is 2. The highest BCUT2D eigenvalue weighted by molar-refractivity contribution is 5.95. The van der Waals surface area contributed by atoms with Gasteiger partial charge in [-0.1, -0.05) is 18.2 Å². The van der Waals surface area contributed by atoms with Gasteiger partial charge in [-0.05, 0) is 54.8 Å². The molecular formula is C19H21NO4. The molecule has 0 aliphatic heterocycles. The number of rotatable bonds is 6. The maximum absolute atomic E-state index is 12.5. The van der Waals surface area contributed by atoms with Crippen LogP contribution in [-0.2, 0) is 4.79 Å². The Morgan fingerprint density at radius 2 is 1.88 bits per heavy atom. The van der Waals surface area contributed by atoms with Crippen LogP contribution in [0.15, 0.2) is 42.5 Å². The third-order valence-corrected chi connectivity index (χ3v) is 3.95. The summed E-state index contributed by atoms with van der Waals surface area (Å²) < 4.78 is 5.17. The Morgan fingerprint density at radius 3 is 2.50 bits per heavy atom. The Morgan fingerprint density at radius 1 is 1.12 bits per heavy atom. The molecule has 0 radical (unpaired) electrons. The van der Waals surface area contributed by atoms with Crippen molar-refractivity contribution >= 4 is 11.9 Å². The molecule has 0 fully saturated rings. The van der Waals surface area contributed by atoms with Gasteiger partial charge >= 0.3 is 5.97 Å². The highest BCUT2D eigenvalue weighted by Crippen LogP contribution is 2.22. The Kier molecular flexibility index (Phi) is 5.58. The third-order valence-electron chi connectivity index (χ3n) is 3.95. The van der Waals surface area contributed by atoms with Gasteiger partial charge in [-0.25, -0.2) is 0 Å². The van der Waals surface area contributed by atoms with Gasteiger partial charge in [-0.2, -0.15) is 0 Å². The fraction of sp³-hybridized carbons (Fsp3) is 0.263. The molecule has 0 saturated carbocycles. The van der Waals surface area contributed by atoms with Gasteiger partial charge in [0.1, 0.15) is 5.75 Å². The van der Waals surface area contributed by atoms with Crippen molar-refractivity contribution in [2.45, 2.75) is 26.3 Å². The smallest absolute Gasteiger partial charge is 0.305 e. The van der Waals surface area contributed by atoms with Crippen LogP contribution in [0.2, 0.25) is 0 Å². The molecule has 2 N–H and O–H groups in total. The second-order valence-corrected chi connectivity index (χ2v) is 5.70. The Balaban J connectivity index is 2.26. The number of carbonyl (C=O) groups excluding carboxylic acids is 1. The van der Waals surface area contributed by atoms with Crippen molar-refractivity contribution < 1.29 is 19.4 Å². The summed E-state index contributed by atoms with van der Waals surface area (Å²) in [6.45, 7) is 3.91. The highest BCUT2D eigenvalue weighted by atomic mass is 16.5. The average molecular weight is 327 g/mol. The fourth-order valence-corrected chi connectivity index (χ4v) is 2.41. The molecule has 2 aromatic rings. The van der Waals surface area contributed by atoms with Crippen LogP contribution in [0.4, 0.5) is 0 Å². The van der Waals surface area contributed by atoms with Gasteiger partial charge in [-0.15, -0.1) is 0 Å². The summed E-state index contributed by atoms with van der Waals surface area (Å²) in [7, 11) is 1.54. The standard InChI is InChI=1S/C19H21NO4/c1-12-7-8-15(9-13(12)2)19(23)20-17(11-18(21)22)14-5-4-6-16(10-14)24-3/h4-10,17H,11H2,1-3H3,(H,20,23)(H,21,22). The highest BCUT2D eigenvalue weighted by Gasteiger charge is 2.19. The lowest BCUT2D eigenvalue weighted by molar-refractivity contribution is -0.137. The fourth-order valence-electron chi connectivity index (χ4n) is 2.41. The number of carboxylic acid groups (broad SMARTS) is 1. The van der Waals surface area contributed by atoms with Crippen LogP contribution >= 0.6 is 0 Å². The minimum absolute atomic E-state index is 0.205. The molecule has 5 heteroatoms. The quantitative estimate of drug-likeness (QED) is 0.854. The van der Waals surface area contributed by atoms with Gasteiger partial charge in [0.15, 0.2) is 0 Å². The number of carboxylic acids is 1. The van der Waals surface area contributed by atoms with Gasteiger partial charge in [-0.3, -0.25) is 9.59 Å². The molecule has 2 aromatic carbocycles. The van der Waals surface area contributed by atoms with E-state index in [9.17, 15) is 9.59 Å². The third kappa shape index (κ3) is 4.35. The molecule has 0 bridgehead atoms. The number of aliphatic carboxylic acids is 1. The van der Waals surface area contributed by atoms with Crippen molar-refractivity contribution in [3.05, 3.63) is 64.7 Å². The summed E-state index contributed by atoms with van der Waals surface area (Å²) in [5, 5.41) is 12.0. The molecule has 5 nitrogen and oxygen atoms in total. The van der Waals surface area contributed by atoms with E-state index in [0.717, 1.165) is 11.1 Å². The van der Waals surface area contributed by atoms with E-state index in [-0.39, 0.29) is 12.3 Å². The van der Waals surface area contributed by atoms with Gasteiger partial charge < -0.3 is 15.2 Å². The van der Waals surface area contributed by atoms with Crippen molar-refractivity contribution in [3.63, 3.8) is 0 Å². The van der Waals surface area contributed by atoms with Crippen LogP contribution in [0.25, 0.3) is 0 Å². The van der Waals surface area contributed by atoms with Crippen LogP contribution < -0.4 is 10.1 Å². The molecule has 2 rings (SSSR count). The van der Waals surface area contributed by atoms with E-state index in [1.54, 1.807) is 43.5 Å². The van der Waals surface area contributed by atoms with Gasteiger partial charge in [0, 0.05) is 5.56 Å². The van der Waals surface area contributed by atoms with E-state index in [2.05, 4.69) is 5.32 Å². The molecule has 0 spiro atoms. The van der Waals surface area contributed by atoms with Crippen LogP contribution in [0.1, 0.15) is 39.5 Å². The number of benzene rings is 2. The molecule has 0 aromatic heterocycles. The van der Waals surface area contributed by atoms with Crippen LogP contribution in [0.5, 0.6) is 5.75 Å². The first kappa shape index (κ1) is 17.5. The van der Waals surface area contributed by atoms with Gasteiger partial charge in [0.2, 0.25) is 0 Å². The molecule has 0 saturated heterocycles. The zero-order chi connectivity index (χ0) is 17.7. The first-order valence-corrected chi connectivity index (χ1v) is 7.64. The van der Waals surface area contributed by atoms with Gasteiger partial charge in [0.25, 0.3) is 5.91 Å². The Labute approximate surface area is 141 Å². The Hall–Kier alpha value is -2.82. The SMILES string of the molecule is COc1cccc(C(CC(=O)O)NC(=O)c2ccc(C)c(C)c2)c1. The Bertz CT molecular complexity index is 755. The van der Waals surface area contributed by atoms with E-state index in [1.807, 2.05) is 19.9 Å². The summed E-state index contributed by atoms with van der Waals surface area (Å²) in [5.74, 6) is -0.668. The summed E-state index contributed by atoms with van der Waals surface area (Å²) in [6.07, 6.45) is -0.205. The number of ether oxygens (including phenoxy) is 1. The maximum atomic E-state index is 12.5. The minimum atomic E-state index is -0.983. The van der Waals surface area contributed by atoms with Crippen molar-refractivity contribution in [2.24, 2.45) is 0 Å². The lowest BCUT2D eigenvalue weighted by Crippen LogP contribution is -2.30. The summed E-state index contributed by atoms with van der Waals surface area (Å²) >= 11 is 0. The lowest BCUT2D eigenvalue weighted by Gasteiger charge is -2.18. The van der Waals surface area contributed by atoms with Gasteiger partial charge in [0.05, 0.1) is 19.6 Å². The van der Waals surface area contributed by atoms with Crippen LogP contribution in [0, 0.1) is 13.8 Å². The summed E-state index contributed by atoms with van der Waals surface area (Å²) in [6, 6.07) is 11.8. The molecule has 126 valence electrons. The first-order chi connectivity index (χ1) is 11.4. The molecule has 0 aliphatic carbocycles. The second-order valence-electron chi connectivity index (χ2n) is 5.70. The number of carbonyl (C=O) groups is 2. The summed E-state index contributed by atoms with van der Waals surface area (Å²) in [5.41, 5.74) is 3.31. The molecular weight excluding hydrogens is 306 g/mol. The zero-order valence-electron chi connectivity index (χ0n) is 14.0. The molecule has 1 atom stereocenters. The largest absolute Gasteiger partial charge is 0.497 e. The number of hydrogen-bond acceptors (Lipinski definition) is 3. The van der Waals surface area contributed by atoms with E-state index in [1.165, 1.54) is 0 Å². The maximum Gasteiger partial charge on any atom is 0.305 e. The van der Waals surface area contributed by atoms with Crippen molar-refractivity contribution in [1.29, 1.82) is 0 Å². The average Bonchev–Trinajstić information content (AvgIpc) is 2.56. The second kappa shape index (κ2) is 7.64. The topological polar surface area (TPSA) is 75.6 Å². The van der Waals surface area contributed by atoms with Crippen molar-refractivity contribution in [3.8, 4) is 5.75 Å². The monoisotopic (exact) mass is 327 g/mol. The molecule has 0 heterocycles. The number of amides is 1. The predicted octanol–water partition coefficient (Wildman–Crippen LogP) is 3.26. The van der Waals surface area contributed by atoms with Crippen molar-refractivity contribution in [2.75, 3.05) is 7.11 Å². The predicted molar refractivity (Wildman–Crippen MR) is 91.4 cm³/mol. The number of nitrogens with one attached hydrogen (secondary N) is 1. The summed E-state index contributed by atoms with van der Waals surface area (Å²) in [4.78, 5) is 23.7. The first-order valence-electron chi connectivity index (χ1n) is 7.64. The van der Waals surface area contributed by atoms with Crippen LogP contribution in [-0.4, -0.2) is 24.1 Å². The normalized spacial score (nSPS) is 11.6. The van der Waals surface area contributed by atoms with E-state index in [4.69, 9.17) is 9.84 Å².